The molecule has 0 aromatic carbocycles. The molecule has 546 valence electrons. The summed E-state index contributed by atoms with van der Waals surface area (Å²) in [5, 5.41) is 10.6. The summed E-state index contributed by atoms with van der Waals surface area (Å²) in [6, 6.07) is 0. The highest BCUT2D eigenvalue weighted by Gasteiger charge is 2.30. The molecule has 0 aliphatic carbocycles. The molecular weight excluding hydrogens is 1210 g/mol. The second-order valence-corrected chi connectivity index (χ2v) is 30.9. The fraction of sp³-hybridized carbons (Fsp3) is 0.945. The molecular formula is C73H142O17P2. The molecule has 0 amide bonds. The van der Waals surface area contributed by atoms with Gasteiger partial charge in [-0.1, -0.05) is 312 Å². The molecule has 4 unspecified atom stereocenters. The van der Waals surface area contributed by atoms with Crippen LogP contribution in [-0.4, -0.2) is 96.7 Å². The fourth-order valence-electron chi connectivity index (χ4n) is 11.0. The van der Waals surface area contributed by atoms with Crippen molar-refractivity contribution < 1.29 is 80.2 Å². The van der Waals surface area contributed by atoms with Crippen molar-refractivity contribution in [3.63, 3.8) is 0 Å². The zero-order valence-corrected chi connectivity index (χ0v) is 62.0. The molecule has 0 aliphatic rings. The Labute approximate surface area is 562 Å². The average Bonchev–Trinajstić information content (AvgIpc) is 3.53. The van der Waals surface area contributed by atoms with Crippen molar-refractivity contribution in [2.75, 3.05) is 39.6 Å². The molecule has 0 heterocycles. The van der Waals surface area contributed by atoms with Crippen LogP contribution in [0.15, 0.2) is 0 Å². The van der Waals surface area contributed by atoms with Crippen molar-refractivity contribution in [2.45, 2.75) is 382 Å². The number of aliphatic hydroxyl groups is 1. The maximum absolute atomic E-state index is 13.1. The van der Waals surface area contributed by atoms with Crippen LogP contribution >= 0.6 is 15.6 Å². The summed E-state index contributed by atoms with van der Waals surface area (Å²) in [5.74, 6) is 0.918. The predicted molar refractivity (Wildman–Crippen MR) is 372 cm³/mol. The number of aliphatic hydroxyl groups excluding tert-OH is 1. The summed E-state index contributed by atoms with van der Waals surface area (Å²) in [5.41, 5.74) is 0. The summed E-state index contributed by atoms with van der Waals surface area (Å²) in [6.45, 7) is 14.2. The van der Waals surface area contributed by atoms with Gasteiger partial charge in [0.1, 0.15) is 19.3 Å². The maximum Gasteiger partial charge on any atom is 0.472 e. The Bertz CT molecular complexity index is 1820. The van der Waals surface area contributed by atoms with Crippen LogP contribution in [0.4, 0.5) is 0 Å². The number of phosphoric ester groups is 2. The van der Waals surface area contributed by atoms with Crippen LogP contribution in [0.1, 0.15) is 364 Å². The molecule has 0 saturated carbocycles. The lowest BCUT2D eigenvalue weighted by atomic mass is 9.99. The van der Waals surface area contributed by atoms with Gasteiger partial charge in [0.05, 0.1) is 26.4 Å². The zero-order valence-electron chi connectivity index (χ0n) is 60.2. The van der Waals surface area contributed by atoms with Crippen molar-refractivity contribution in [3.8, 4) is 0 Å². The van der Waals surface area contributed by atoms with E-state index < -0.39 is 97.5 Å². The number of esters is 4. The van der Waals surface area contributed by atoms with Gasteiger partial charge in [-0.3, -0.25) is 37.3 Å². The Kier molecular flexibility index (Phi) is 61.3. The third-order valence-electron chi connectivity index (χ3n) is 17.2. The van der Waals surface area contributed by atoms with Gasteiger partial charge in [-0.25, -0.2) is 9.13 Å². The molecule has 0 fully saturated rings. The van der Waals surface area contributed by atoms with E-state index in [0.29, 0.717) is 31.6 Å². The van der Waals surface area contributed by atoms with Gasteiger partial charge in [-0.05, 0) is 49.4 Å². The molecule has 92 heavy (non-hydrogen) atoms. The summed E-state index contributed by atoms with van der Waals surface area (Å²) in [6.07, 6.45) is 45.7. The van der Waals surface area contributed by atoms with Crippen LogP contribution in [0.2, 0.25) is 0 Å². The number of hydrogen-bond donors (Lipinski definition) is 3. The van der Waals surface area contributed by atoms with Crippen molar-refractivity contribution in [1.29, 1.82) is 0 Å². The van der Waals surface area contributed by atoms with E-state index in [1.165, 1.54) is 161 Å². The fourth-order valence-corrected chi connectivity index (χ4v) is 12.6. The van der Waals surface area contributed by atoms with Crippen LogP contribution in [0.5, 0.6) is 0 Å². The van der Waals surface area contributed by atoms with Gasteiger partial charge in [-0.15, -0.1) is 0 Å². The Hall–Kier alpha value is -1.94. The van der Waals surface area contributed by atoms with E-state index in [1.807, 2.05) is 0 Å². The highest BCUT2D eigenvalue weighted by molar-refractivity contribution is 7.47. The van der Waals surface area contributed by atoms with Crippen molar-refractivity contribution in [2.24, 2.45) is 23.7 Å². The van der Waals surface area contributed by atoms with Crippen LogP contribution in [0.25, 0.3) is 0 Å². The molecule has 17 nitrogen and oxygen atoms in total. The van der Waals surface area contributed by atoms with E-state index in [-0.39, 0.29) is 25.7 Å². The van der Waals surface area contributed by atoms with Crippen molar-refractivity contribution in [1.82, 2.24) is 0 Å². The minimum absolute atomic E-state index is 0.105. The van der Waals surface area contributed by atoms with Crippen molar-refractivity contribution >= 4 is 39.5 Å². The number of phosphoric acid groups is 2. The highest BCUT2D eigenvalue weighted by atomic mass is 31.2. The van der Waals surface area contributed by atoms with E-state index >= 15 is 0 Å². The van der Waals surface area contributed by atoms with Gasteiger partial charge in [0, 0.05) is 25.7 Å². The number of ether oxygens (including phenoxy) is 4. The normalized spacial score (nSPS) is 14.5. The second-order valence-electron chi connectivity index (χ2n) is 28.0. The summed E-state index contributed by atoms with van der Waals surface area (Å²) < 4.78 is 68.4. The number of rotatable bonds is 70. The van der Waals surface area contributed by atoms with Crippen LogP contribution in [0.3, 0.4) is 0 Å². The van der Waals surface area contributed by atoms with Crippen LogP contribution < -0.4 is 0 Å². The Morgan fingerprint density at radius 2 is 0.522 bits per heavy atom. The van der Waals surface area contributed by atoms with E-state index in [0.717, 1.165) is 114 Å². The summed E-state index contributed by atoms with van der Waals surface area (Å²) in [7, 11) is -9.91. The van der Waals surface area contributed by atoms with E-state index in [4.69, 9.17) is 37.0 Å². The third-order valence-corrected chi connectivity index (χ3v) is 19.1. The topological polar surface area (TPSA) is 237 Å². The maximum atomic E-state index is 13.1. The lowest BCUT2D eigenvalue weighted by Gasteiger charge is -2.21. The zero-order chi connectivity index (χ0) is 68.2. The molecule has 0 aromatic rings. The van der Waals surface area contributed by atoms with Gasteiger partial charge >= 0.3 is 39.5 Å². The predicted octanol–water partition coefficient (Wildman–Crippen LogP) is 20.9. The molecule has 0 radical (unpaired) electrons. The van der Waals surface area contributed by atoms with Crippen LogP contribution in [-0.2, 0) is 65.4 Å². The SMILES string of the molecule is CCC(C)CCCCCCCCCCCCC(=O)O[C@H](COC(=O)CCCCCCCCCC(C)C)COP(=O)(O)OCC(O)COP(=O)(O)OC[C@@H](COC(=O)CCCCCCCCCCCCC(C)C)OC(=O)CCCCCCCCCCCCCCC(C)C. The molecule has 6 atom stereocenters. The first-order chi connectivity index (χ1) is 44.1. The molecule has 0 rings (SSSR count). The van der Waals surface area contributed by atoms with E-state index in [1.54, 1.807) is 0 Å². The lowest BCUT2D eigenvalue weighted by Crippen LogP contribution is -2.30. The monoisotopic (exact) mass is 1350 g/mol. The standard InChI is InChI=1S/C73H142O17P2/c1-9-66(8)52-44-36-28-20-15-17-23-31-40-48-56-73(78)90-69(60-84-71(76)54-46-38-32-24-27-35-43-51-65(6)7)62-88-92(81,82)86-58-67(74)57-85-91(79,80)87-61-68(59-83-70(75)53-45-37-29-21-16-14-19-26-34-42-50-64(4)5)89-72(77)55-47-39-30-22-13-11-10-12-18-25-33-41-49-63(2)3/h63-69,74H,9-62H2,1-8H3,(H,79,80)(H,81,82)/t66?,67?,68-,69-/m1/s1. The molecule has 0 spiro atoms. The highest BCUT2D eigenvalue weighted by Crippen LogP contribution is 2.45. The van der Waals surface area contributed by atoms with Crippen LogP contribution in [0, 0.1) is 23.7 Å². The average molecular weight is 1350 g/mol. The summed E-state index contributed by atoms with van der Waals surface area (Å²) in [4.78, 5) is 72.7. The molecule has 0 aliphatic heterocycles. The van der Waals surface area contributed by atoms with Gasteiger partial charge in [-0.2, -0.15) is 0 Å². The van der Waals surface area contributed by atoms with Crippen molar-refractivity contribution in [3.05, 3.63) is 0 Å². The third kappa shape index (κ3) is 65.4. The van der Waals surface area contributed by atoms with E-state index in [9.17, 15) is 43.2 Å². The molecule has 0 bridgehead atoms. The molecule has 3 N–H and O–H groups in total. The van der Waals surface area contributed by atoms with Gasteiger partial charge in [0.15, 0.2) is 12.2 Å². The minimum atomic E-state index is -4.96. The second kappa shape index (κ2) is 62.6. The van der Waals surface area contributed by atoms with E-state index in [2.05, 4.69) is 55.4 Å². The van der Waals surface area contributed by atoms with Gasteiger partial charge in [0.2, 0.25) is 0 Å². The first-order valence-corrected chi connectivity index (χ1v) is 40.7. The molecule has 19 heteroatoms. The van der Waals surface area contributed by atoms with Gasteiger partial charge < -0.3 is 33.8 Å². The molecule has 0 aromatic heterocycles. The molecule has 0 saturated heterocycles. The number of carbonyl (C=O) groups is 4. The first kappa shape index (κ1) is 90.1. The lowest BCUT2D eigenvalue weighted by molar-refractivity contribution is -0.161. The number of unbranched alkanes of at least 4 members (excludes halogenated alkanes) is 35. The summed E-state index contributed by atoms with van der Waals surface area (Å²) >= 11 is 0. The van der Waals surface area contributed by atoms with Gasteiger partial charge in [0.25, 0.3) is 0 Å². The minimum Gasteiger partial charge on any atom is -0.462 e. The number of hydrogen-bond acceptors (Lipinski definition) is 15. The smallest absolute Gasteiger partial charge is 0.462 e. The quantitative estimate of drug-likeness (QED) is 0.0222. The Morgan fingerprint density at radius 1 is 0.304 bits per heavy atom. The first-order valence-electron chi connectivity index (χ1n) is 37.7. The largest absolute Gasteiger partial charge is 0.472 e. The number of carbonyl (C=O) groups excluding carboxylic acids is 4. The Morgan fingerprint density at radius 3 is 0.772 bits per heavy atom. The Balaban J connectivity index is 5.27.